The molecule has 1 aromatic heterocycles. The summed E-state index contributed by atoms with van der Waals surface area (Å²) in [7, 11) is 0. The summed E-state index contributed by atoms with van der Waals surface area (Å²) in [6.45, 7) is 4.88. The molecule has 4 nitrogen and oxygen atoms in total. The van der Waals surface area contributed by atoms with E-state index in [0.717, 1.165) is 30.0 Å². The number of nitrogens with one attached hydrogen (secondary N) is 2. The topological polar surface area (TPSA) is 54.0 Å². The molecule has 1 aromatic carbocycles. The highest BCUT2D eigenvalue weighted by molar-refractivity contribution is 6.04. The zero-order chi connectivity index (χ0) is 14.4. The number of carbonyl (C=O) groups excluding carboxylic acids is 1. The van der Waals surface area contributed by atoms with E-state index in [-0.39, 0.29) is 5.91 Å². The van der Waals surface area contributed by atoms with Gasteiger partial charge in [-0.15, -0.1) is 0 Å². The van der Waals surface area contributed by atoms with Crippen molar-refractivity contribution in [3.05, 3.63) is 53.7 Å². The fourth-order valence-corrected chi connectivity index (χ4v) is 1.96. The van der Waals surface area contributed by atoms with Gasteiger partial charge in [-0.05, 0) is 37.1 Å². The number of hydrogen-bond acceptors (Lipinski definition) is 3. The zero-order valence-corrected chi connectivity index (χ0v) is 11.8. The SMILES string of the molecule is CCNc1ccc(C(=O)Nc2ccccc2CC)cn1. The van der Waals surface area contributed by atoms with Gasteiger partial charge in [0.25, 0.3) is 5.91 Å². The van der Waals surface area contributed by atoms with Crippen molar-refractivity contribution in [2.45, 2.75) is 20.3 Å². The summed E-state index contributed by atoms with van der Waals surface area (Å²) < 4.78 is 0. The molecule has 0 unspecified atom stereocenters. The molecule has 0 fully saturated rings. The highest BCUT2D eigenvalue weighted by atomic mass is 16.1. The van der Waals surface area contributed by atoms with Crippen molar-refractivity contribution in [1.29, 1.82) is 0 Å². The van der Waals surface area contributed by atoms with Crippen molar-refractivity contribution in [3.63, 3.8) is 0 Å². The molecule has 0 saturated carbocycles. The fraction of sp³-hybridized carbons (Fsp3) is 0.250. The maximum atomic E-state index is 12.2. The third-order valence-corrected chi connectivity index (χ3v) is 3.03. The molecule has 20 heavy (non-hydrogen) atoms. The molecule has 0 radical (unpaired) electrons. The van der Waals surface area contributed by atoms with Gasteiger partial charge >= 0.3 is 0 Å². The van der Waals surface area contributed by atoms with Crippen molar-refractivity contribution in [3.8, 4) is 0 Å². The predicted octanol–water partition coefficient (Wildman–Crippen LogP) is 3.33. The van der Waals surface area contributed by atoms with Gasteiger partial charge in [-0.25, -0.2) is 4.98 Å². The molecule has 104 valence electrons. The van der Waals surface area contributed by atoms with Crippen LogP contribution in [0, 0.1) is 0 Å². The van der Waals surface area contributed by atoms with E-state index in [9.17, 15) is 4.79 Å². The fourth-order valence-electron chi connectivity index (χ4n) is 1.96. The van der Waals surface area contributed by atoms with Gasteiger partial charge in [-0.3, -0.25) is 4.79 Å². The summed E-state index contributed by atoms with van der Waals surface area (Å²) in [5, 5.41) is 6.03. The number of carbonyl (C=O) groups is 1. The molecule has 0 atom stereocenters. The van der Waals surface area contributed by atoms with Gasteiger partial charge in [0.15, 0.2) is 0 Å². The Morgan fingerprint density at radius 2 is 1.95 bits per heavy atom. The second-order valence-electron chi connectivity index (χ2n) is 4.43. The lowest BCUT2D eigenvalue weighted by Gasteiger charge is -2.10. The highest BCUT2D eigenvalue weighted by Crippen LogP contribution is 2.16. The molecule has 2 aromatic rings. The number of aromatic nitrogens is 1. The Kier molecular flexibility index (Phi) is 4.71. The van der Waals surface area contributed by atoms with Gasteiger partial charge in [-0.2, -0.15) is 0 Å². The monoisotopic (exact) mass is 269 g/mol. The summed E-state index contributed by atoms with van der Waals surface area (Å²) in [5.74, 6) is 0.638. The van der Waals surface area contributed by atoms with Gasteiger partial charge in [0.05, 0.1) is 5.56 Å². The van der Waals surface area contributed by atoms with Crippen LogP contribution in [0.5, 0.6) is 0 Å². The highest BCUT2D eigenvalue weighted by Gasteiger charge is 2.08. The van der Waals surface area contributed by atoms with Crippen LogP contribution in [0.4, 0.5) is 11.5 Å². The second-order valence-corrected chi connectivity index (χ2v) is 4.43. The number of benzene rings is 1. The molecule has 4 heteroatoms. The molecule has 0 aliphatic rings. The normalized spacial score (nSPS) is 10.1. The minimum absolute atomic E-state index is 0.138. The Morgan fingerprint density at radius 1 is 1.15 bits per heavy atom. The van der Waals surface area contributed by atoms with Crippen LogP contribution in [0.2, 0.25) is 0 Å². The summed E-state index contributed by atoms with van der Waals surface area (Å²) in [6, 6.07) is 11.4. The van der Waals surface area contributed by atoms with E-state index in [1.165, 1.54) is 0 Å². The number of para-hydroxylation sites is 1. The van der Waals surface area contributed by atoms with Gasteiger partial charge in [0, 0.05) is 18.4 Å². The molecule has 0 spiro atoms. The number of nitrogens with zero attached hydrogens (tertiary/aromatic N) is 1. The Balaban J connectivity index is 2.11. The van der Waals surface area contributed by atoms with Crippen molar-refractivity contribution >= 4 is 17.4 Å². The van der Waals surface area contributed by atoms with E-state index >= 15 is 0 Å². The summed E-state index contributed by atoms with van der Waals surface area (Å²) in [5.41, 5.74) is 2.53. The molecule has 0 bridgehead atoms. The van der Waals surface area contributed by atoms with Crippen LogP contribution < -0.4 is 10.6 Å². The third-order valence-electron chi connectivity index (χ3n) is 3.03. The van der Waals surface area contributed by atoms with Crippen molar-refractivity contribution in [2.24, 2.45) is 0 Å². The van der Waals surface area contributed by atoms with Crippen LogP contribution in [-0.2, 0) is 6.42 Å². The second kappa shape index (κ2) is 6.70. The van der Waals surface area contributed by atoms with Crippen LogP contribution in [-0.4, -0.2) is 17.4 Å². The first kappa shape index (κ1) is 14.1. The van der Waals surface area contributed by atoms with Gasteiger partial charge < -0.3 is 10.6 Å². The van der Waals surface area contributed by atoms with E-state index in [2.05, 4.69) is 22.5 Å². The number of rotatable bonds is 5. The molecule has 0 saturated heterocycles. The number of anilines is 2. The van der Waals surface area contributed by atoms with E-state index in [4.69, 9.17) is 0 Å². The smallest absolute Gasteiger partial charge is 0.257 e. The minimum Gasteiger partial charge on any atom is -0.370 e. The summed E-state index contributed by atoms with van der Waals surface area (Å²) >= 11 is 0. The Labute approximate surface area is 119 Å². The van der Waals surface area contributed by atoms with E-state index in [1.54, 1.807) is 12.3 Å². The molecular weight excluding hydrogens is 250 g/mol. The molecular formula is C16H19N3O. The van der Waals surface area contributed by atoms with E-state index < -0.39 is 0 Å². The Hall–Kier alpha value is -2.36. The molecule has 0 aliphatic heterocycles. The first-order chi connectivity index (χ1) is 9.74. The first-order valence-electron chi connectivity index (χ1n) is 6.83. The van der Waals surface area contributed by atoms with Crippen LogP contribution >= 0.6 is 0 Å². The number of amides is 1. The minimum atomic E-state index is -0.138. The van der Waals surface area contributed by atoms with Gasteiger partial charge in [-0.1, -0.05) is 25.1 Å². The lowest BCUT2D eigenvalue weighted by atomic mass is 10.1. The molecule has 1 amide bonds. The summed E-state index contributed by atoms with van der Waals surface area (Å²) in [4.78, 5) is 16.4. The molecule has 1 heterocycles. The zero-order valence-electron chi connectivity index (χ0n) is 11.8. The van der Waals surface area contributed by atoms with Gasteiger partial charge in [0.2, 0.25) is 0 Å². The third kappa shape index (κ3) is 3.35. The van der Waals surface area contributed by atoms with Crippen LogP contribution in [0.15, 0.2) is 42.6 Å². The maximum absolute atomic E-state index is 12.2. The van der Waals surface area contributed by atoms with Crippen molar-refractivity contribution < 1.29 is 4.79 Å². The van der Waals surface area contributed by atoms with E-state index in [1.807, 2.05) is 37.3 Å². The lowest BCUT2D eigenvalue weighted by Crippen LogP contribution is -2.13. The van der Waals surface area contributed by atoms with Crippen LogP contribution in [0.25, 0.3) is 0 Å². The van der Waals surface area contributed by atoms with Crippen molar-refractivity contribution in [2.75, 3.05) is 17.2 Å². The van der Waals surface area contributed by atoms with Gasteiger partial charge in [0.1, 0.15) is 5.82 Å². The average molecular weight is 269 g/mol. The lowest BCUT2D eigenvalue weighted by molar-refractivity contribution is 0.102. The van der Waals surface area contributed by atoms with E-state index in [0.29, 0.717) is 5.56 Å². The standard InChI is InChI=1S/C16H19N3O/c1-3-12-7-5-6-8-14(12)19-16(20)13-9-10-15(17-4-2)18-11-13/h5-11H,3-4H2,1-2H3,(H,17,18)(H,19,20). The Morgan fingerprint density at radius 3 is 2.60 bits per heavy atom. The number of pyridine rings is 1. The largest absolute Gasteiger partial charge is 0.370 e. The number of hydrogen-bond donors (Lipinski definition) is 2. The first-order valence-corrected chi connectivity index (χ1v) is 6.83. The quantitative estimate of drug-likeness (QED) is 0.875. The van der Waals surface area contributed by atoms with Crippen LogP contribution in [0.1, 0.15) is 29.8 Å². The predicted molar refractivity (Wildman–Crippen MR) is 82.2 cm³/mol. The molecule has 2 rings (SSSR count). The van der Waals surface area contributed by atoms with Crippen molar-refractivity contribution in [1.82, 2.24) is 4.98 Å². The maximum Gasteiger partial charge on any atom is 0.257 e. The molecule has 0 aliphatic carbocycles. The van der Waals surface area contributed by atoms with Crippen LogP contribution in [0.3, 0.4) is 0 Å². The molecule has 2 N–H and O–H groups in total. The summed E-state index contributed by atoms with van der Waals surface area (Å²) in [6.07, 6.45) is 2.47. The average Bonchev–Trinajstić information content (AvgIpc) is 2.49. The Bertz CT molecular complexity index is 579. The number of aryl methyl sites for hydroxylation is 1.